The average Bonchev–Trinajstić information content (AvgIpc) is 2.47. The highest BCUT2D eigenvalue weighted by Gasteiger charge is 2.20. The molecule has 0 spiro atoms. The molecule has 1 aliphatic rings. The summed E-state index contributed by atoms with van der Waals surface area (Å²) in [7, 11) is 1.73. The molecule has 2 aromatic rings. The molecule has 0 aromatic heterocycles. The molecule has 0 N–H and O–H groups in total. The fourth-order valence-electron chi connectivity index (χ4n) is 2.43. The van der Waals surface area contributed by atoms with Crippen molar-refractivity contribution in [3.05, 3.63) is 57.2 Å². The van der Waals surface area contributed by atoms with Crippen molar-refractivity contribution < 1.29 is 9.31 Å². The van der Waals surface area contributed by atoms with Crippen molar-refractivity contribution in [2.75, 3.05) is 13.7 Å². The van der Waals surface area contributed by atoms with Crippen LogP contribution in [0.3, 0.4) is 0 Å². The fraction of sp³-hybridized carbons (Fsp3) is 0.188. The van der Waals surface area contributed by atoms with E-state index >= 15 is 0 Å². The molecule has 0 saturated carbocycles. The Labute approximate surface area is 126 Å². The summed E-state index contributed by atoms with van der Waals surface area (Å²) in [5.41, 5.74) is 3.80. The predicted molar refractivity (Wildman–Crippen MR) is 85.8 cm³/mol. The van der Waals surface area contributed by atoms with Crippen LogP contribution in [-0.2, 0) is 6.42 Å². The summed E-state index contributed by atoms with van der Waals surface area (Å²) in [6, 6.07) is 14.9. The van der Waals surface area contributed by atoms with Gasteiger partial charge in [0.15, 0.2) is 12.8 Å². The van der Waals surface area contributed by atoms with Gasteiger partial charge in [-0.25, -0.2) is 0 Å². The Morgan fingerprint density at radius 1 is 1.11 bits per heavy atom. The number of benzene rings is 2. The lowest BCUT2D eigenvalue weighted by Gasteiger charge is -2.14. The van der Waals surface area contributed by atoms with Crippen LogP contribution in [0, 0.1) is 3.57 Å². The monoisotopic (exact) mass is 364 g/mol. The molecule has 2 nitrogen and oxygen atoms in total. The van der Waals surface area contributed by atoms with Gasteiger partial charge in [-0.15, -0.1) is 0 Å². The van der Waals surface area contributed by atoms with Crippen LogP contribution in [0.4, 0.5) is 5.69 Å². The second-order valence-corrected chi connectivity index (χ2v) is 5.83. The largest absolute Gasteiger partial charge is 0.496 e. The molecule has 96 valence electrons. The molecule has 0 saturated heterocycles. The van der Waals surface area contributed by atoms with Crippen molar-refractivity contribution in [3.8, 4) is 5.75 Å². The zero-order chi connectivity index (χ0) is 13.2. The van der Waals surface area contributed by atoms with Crippen LogP contribution in [0.5, 0.6) is 5.75 Å². The van der Waals surface area contributed by atoms with Crippen LogP contribution in [-0.4, -0.2) is 24.4 Å². The summed E-state index contributed by atoms with van der Waals surface area (Å²) in [6.07, 6.45) is 3.24. The summed E-state index contributed by atoms with van der Waals surface area (Å²) >= 11 is 2.33. The Kier molecular flexibility index (Phi) is 3.55. The third-order valence-corrected chi connectivity index (χ3v) is 4.16. The highest BCUT2D eigenvalue weighted by molar-refractivity contribution is 14.1. The zero-order valence-electron chi connectivity index (χ0n) is 10.8. The number of hydrogen-bond donors (Lipinski definition) is 0. The number of hydrogen-bond acceptors (Lipinski definition) is 1. The van der Waals surface area contributed by atoms with Crippen molar-refractivity contribution in [1.29, 1.82) is 0 Å². The minimum Gasteiger partial charge on any atom is -0.496 e. The van der Waals surface area contributed by atoms with Crippen LogP contribution in [0.2, 0.25) is 0 Å². The van der Waals surface area contributed by atoms with Crippen molar-refractivity contribution >= 4 is 34.5 Å². The number of ether oxygens (including phenoxy) is 1. The number of halogens is 1. The number of methoxy groups -OCH3 is 1. The minimum atomic E-state index is 0.952. The summed E-state index contributed by atoms with van der Waals surface area (Å²) < 4.78 is 9.01. The van der Waals surface area contributed by atoms with Gasteiger partial charge in [-0.3, -0.25) is 0 Å². The van der Waals surface area contributed by atoms with E-state index < -0.39 is 0 Å². The molecule has 3 heteroatoms. The van der Waals surface area contributed by atoms with Gasteiger partial charge in [-0.2, -0.15) is 4.58 Å². The van der Waals surface area contributed by atoms with Crippen LogP contribution in [0.15, 0.2) is 42.5 Å². The highest BCUT2D eigenvalue weighted by Crippen LogP contribution is 2.25. The van der Waals surface area contributed by atoms with Crippen molar-refractivity contribution in [2.45, 2.75) is 6.42 Å². The lowest BCUT2D eigenvalue weighted by Crippen LogP contribution is -2.19. The van der Waals surface area contributed by atoms with Crippen LogP contribution >= 0.6 is 22.6 Å². The number of fused-ring (bicyclic) bond motifs is 1. The Bertz CT molecular complexity index is 632. The first kappa shape index (κ1) is 12.7. The van der Waals surface area contributed by atoms with Gasteiger partial charge >= 0.3 is 0 Å². The van der Waals surface area contributed by atoms with Gasteiger partial charge in [0.2, 0.25) is 5.69 Å². The van der Waals surface area contributed by atoms with E-state index in [1.807, 2.05) is 6.07 Å². The second-order valence-electron chi connectivity index (χ2n) is 4.58. The molecule has 19 heavy (non-hydrogen) atoms. The Morgan fingerprint density at radius 2 is 1.89 bits per heavy atom. The van der Waals surface area contributed by atoms with E-state index in [1.165, 1.54) is 20.4 Å². The molecule has 0 unspecified atom stereocenters. The molecule has 0 amide bonds. The van der Waals surface area contributed by atoms with Crippen molar-refractivity contribution in [3.63, 3.8) is 0 Å². The molecule has 0 bridgehead atoms. The normalized spacial score (nSPS) is 13.7. The molecule has 0 atom stereocenters. The smallest absolute Gasteiger partial charge is 0.205 e. The fourth-order valence-corrected chi connectivity index (χ4v) is 2.79. The maximum absolute atomic E-state index is 5.46. The zero-order valence-corrected chi connectivity index (χ0v) is 12.9. The number of nitrogens with zero attached hydrogens (tertiary/aromatic N) is 1. The predicted octanol–water partition coefficient (Wildman–Crippen LogP) is 3.62. The first-order valence-electron chi connectivity index (χ1n) is 6.31. The summed E-state index contributed by atoms with van der Waals surface area (Å²) in [5.74, 6) is 0.952. The van der Waals surface area contributed by atoms with E-state index in [4.69, 9.17) is 4.74 Å². The quantitative estimate of drug-likeness (QED) is 0.586. The van der Waals surface area contributed by atoms with Crippen LogP contribution in [0.1, 0.15) is 11.1 Å². The average molecular weight is 364 g/mol. The van der Waals surface area contributed by atoms with E-state index in [9.17, 15) is 0 Å². The van der Waals surface area contributed by atoms with Crippen LogP contribution < -0.4 is 4.74 Å². The molecule has 2 aromatic carbocycles. The molecular formula is C16H15INO+. The topological polar surface area (TPSA) is 12.2 Å². The molecule has 1 heterocycles. The Hall–Kier alpha value is -1.36. The first-order valence-corrected chi connectivity index (χ1v) is 7.39. The summed E-state index contributed by atoms with van der Waals surface area (Å²) in [5, 5.41) is 0. The van der Waals surface area contributed by atoms with E-state index in [1.54, 1.807) is 7.11 Å². The van der Waals surface area contributed by atoms with Crippen molar-refractivity contribution in [1.82, 2.24) is 0 Å². The molecule has 0 fully saturated rings. The third kappa shape index (κ3) is 2.52. The maximum atomic E-state index is 5.46. The van der Waals surface area contributed by atoms with Gasteiger partial charge < -0.3 is 4.74 Å². The molecular weight excluding hydrogens is 349 g/mol. The van der Waals surface area contributed by atoms with E-state index in [0.29, 0.717) is 0 Å². The molecule has 3 rings (SSSR count). The van der Waals surface area contributed by atoms with Gasteiger partial charge in [-0.1, -0.05) is 12.1 Å². The lowest BCUT2D eigenvalue weighted by molar-refractivity contribution is -0.436. The van der Waals surface area contributed by atoms with Crippen LogP contribution in [0.25, 0.3) is 0 Å². The lowest BCUT2D eigenvalue weighted by atomic mass is 10.0. The minimum absolute atomic E-state index is 0.952. The van der Waals surface area contributed by atoms with Gasteiger partial charge in [0.25, 0.3) is 0 Å². The maximum Gasteiger partial charge on any atom is 0.205 e. The molecule has 1 aliphatic heterocycles. The van der Waals surface area contributed by atoms with Gasteiger partial charge in [-0.05, 0) is 46.4 Å². The number of rotatable bonds is 2. The van der Waals surface area contributed by atoms with E-state index in [-0.39, 0.29) is 0 Å². The standard InChI is InChI=1S/C16H15INO/c1-19-16-4-2-3-12-9-10-18(11-15(12)16)14-7-5-13(17)6-8-14/h2-8,11H,9-10H2,1H3/q+1. The SMILES string of the molecule is COc1cccc2c1C=[N+](c1ccc(I)cc1)CC2. The highest BCUT2D eigenvalue weighted by atomic mass is 127. The second kappa shape index (κ2) is 5.33. The summed E-state index contributed by atoms with van der Waals surface area (Å²) in [4.78, 5) is 0. The third-order valence-electron chi connectivity index (χ3n) is 3.44. The van der Waals surface area contributed by atoms with E-state index in [0.717, 1.165) is 18.7 Å². The Morgan fingerprint density at radius 3 is 2.63 bits per heavy atom. The van der Waals surface area contributed by atoms with E-state index in [2.05, 4.69) is 69.8 Å². The molecule has 0 aliphatic carbocycles. The van der Waals surface area contributed by atoms with Gasteiger partial charge in [0.1, 0.15) is 5.75 Å². The van der Waals surface area contributed by atoms with Gasteiger partial charge in [0, 0.05) is 22.1 Å². The first-order chi connectivity index (χ1) is 9.28. The van der Waals surface area contributed by atoms with Gasteiger partial charge in [0.05, 0.1) is 12.7 Å². The Balaban J connectivity index is 2.05. The molecule has 0 radical (unpaired) electrons. The van der Waals surface area contributed by atoms with Crippen molar-refractivity contribution in [2.24, 2.45) is 0 Å². The summed E-state index contributed by atoms with van der Waals surface area (Å²) in [6.45, 7) is 1.01.